The third-order valence-electron chi connectivity index (χ3n) is 1.93. The number of ether oxygens (including phenoxy) is 1. The van der Waals surface area contributed by atoms with E-state index in [0.717, 1.165) is 0 Å². The molecule has 0 heterocycles. The first-order valence-electron chi connectivity index (χ1n) is 4.56. The number of hydrogen-bond acceptors (Lipinski definition) is 4. The van der Waals surface area contributed by atoms with E-state index in [-0.39, 0.29) is 23.1 Å². The second-order valence-corrected chi connectivity index (χ2v) is 3.11. The molecule has 0 radical (unpaired) electrons. The summed E-state index contributed by atoms with van der Waals surface area (Å²) in [6.07, 6.45) is 1.20. The van der Waals surface area contributed by atoms with Gasteiger partial charge in [0, 0.05) is 6.07 Å². The highest BCUT2D eigenvalue weighted by Crippen LogP contribution is 2.28. The third kappa shape index (κ3) is 2.58. The van der Waals surface area contributed by atoms with E-state index in [9.17, 15) is 10.1 Å². The second kappa shape index (κ2) is 4.94. The summed E-state index contributed by atoms with van der Waals surface area (Å²) in [5.41, 5.74) is 0.0121. The van der Waals surface area contributed by atoms with Crippen LogP contribution in [0.15, 0.2) is 30.9 Å². The Kier molecular flexibility index (Phi) is 3.62. The smallest absolute Gasteiger partial charge is 0.312 e. The third-order valence-corrected chi connectivity index (χ3v) is 1.93. The summed E-state index contributed by atoms with van der Waals surface area (Å²) in [4.78, 5) is 10.2. The zero-order chi connectivity index (χ0) is 12.1. The molecular formula is C11H10N2O3. The summed E-state index contributed by atoms with van der Waals surface area (Å²) in [7, 11) is 0. The predicted molar refractivity (Wildman–Crippen MR) is 58.1 cm³/mol. The predicted octanol–water partition coefficient (Wildman–Crippen LogP) is 2.42. The van der Waals surface area contributed by atoms with Crippen LogP contribution in [0.3, 0.4) is 0 Å². The Labute approximate surface area is 92.7 Å². The van der Waals surface area contributed by atoms with Crippen molar-refractivity contribution in [3.05, 3.63) is 46.5 Å². The van der Waals surface area contributed by atoms with E-state index in [0.29, 0.717) is 0 Å². The number of nitrogens with zero attached hydrogens (tertiary/aromatic N) is 2. The maximum atomic E-state index is 10.8. The van der Waals surface area contributed by atoms with E-state index < -0.39 is 4.92 Å². The first-order chi connectivity index (χ1) is 7.58. The number of rotatable bonds is 4. The van der Waals surface area contributed by atoms with E-state index in [1.807, 2.05) is 6.07 Å². The van der Waals surface area contributed by atoms with Crippen LogP contribution < -0.4 is 4.74 Å². The van der Waals surface area contributed by atoms with E-state index in [1.54, 1.807) is 6.92 Å². The van der Waals surface area contributed by atoms with Crippen LogP contribution in [-0.2, 0) is 0 Å². The molecule has 0 aliphatic carbocycles. The monoisotopic (exact) mass is 218 g/mol. The number of nitro groups is 1. The molecule has 1 atom stereocenters. The van der Waals surface area contributed by atoms with Crippen LogP contribution in [0.5, 0.6) is 5.75 Å². The molecule has 0 aliphatic rings. The molecule has 1 unspecified atom stereocenters. The lowest BCUT2D eigenvalue weighted by atomic mass is 10.2. The van der Waals surface area contributed by atoms with Crippen LogP contribution in [0.1, 0.15) is 12.5 Å². The molecule has 5 heteroatoms. The Bertz CT molecular complexity index is 463. The minimum Gasteiger partial charge on any atom is -0.480 e. The fourth-order valence-electron chi connectivity index (χ4n) is 1.08. The molecule has 0 aliphatic heterocycles. The van der Waals surface area contributed by atoms with Gasteiger partial charge in [-0.25, -0.2) is 0 Å². The highest BCUT2D eigenvalue weighted by Gasteiger charge is 2.17. The molecule has 0 saturated carbocycles. The number of nitro benzene ring substituents is 1. The fourth-order valence-corrected chi connectivity index (χ4v) is 1.08. The first kappa shape index (κ1) is 11.7. The number of hydrogen-bond donors (Lipinski definition) is 0. The van der Waals surface area contributed by atoms with Crippen LogP contribution in [0, 0.1) is 21.4 Å². The Morgan fingerprint density at radius 2 is 2.38 bits per heavy atom. The summed E-state index contributed by atoms with van der Waals surface area (Å²) in [5, 5.41) is 19.4. The topological polar surface area (TPSA) is 76.2 Å². The van der Waals surface area contributed by atoms with Crippen LogP contribution in [-0.4, -0.2) is 11.0 Å². The van der Waals surface area contributed by atoms with Gasteiger partial charge in [-0.15, -0.1) is 0 Å². The van der Waals surface area contributed by atoms with Crippen molar-refractivity contribution in [2.45, 2.75) is 13.0 Å². The molecule has 0 saturated heterocycles. The zero-order valence-corrected chi connectivity index (χ0v) is 8.71. The largest absolute Gasteiger partial charge is 0.480 e. The minimum absolute atomic E-state index is 0.136. The van der Waals surface area contributed by atoms with Gasteiger partial charge in [0.1, 0.15) is 6.10 Å². The van der Waals surface area contributed by atoms with E-state index in [4.69, 9.17) is 10.00 Å². The van der Waals surface area contributed by atoms with Gasteiger partial charge in [0.25, 0.3) is 0 Å². The lowest BCUT2D eigenvalue weighted by molar-refractivity contribution is -0.386. The molecule has 16 heavy (non-hydrogen) atoms. The SMILES string of the molecule is C=CC(C)Oc1ccc(C#N)cc1[N+](=O)[O-]. The lowest BCUT2D eigenvalue weighted by Gasteiger charge is -2.10. The quantitative estimate of drug-likeness (QED) is 0.441. The van der Waals surface area contributed by atoms with Crippen LogP contribution in [0.2, 0.25) is 0 Å². The summed E-state index contributed by atoms with van der Waals surface area (Å²) in [6, 6.07) is 5.91. The van der Waals surface area contributed by atoms with Gasteiger partial charge in [0.05, 0.1) is 16.6 Å². The highest BCUT2D eigenvalue weighted by molar-refractivity contribution is 5.51. The number of benzene rings is 1. The van der Waals surface area contributed by atoms with Gasteiger partial charge in [-0.1, -0.05) is 12.7 Å². The fraction of sp³-hybridized carbons (Fsp3) is 0.182. The summed E-state index contributed by atoms with van der Waals surface area (Å²) in [5.74, 6) is 0.136. The number of nitriles is 1. The molecule has 1 rings (SSSR count). The van der Waals surface area contributed by atoms with E-state index in [1.165, 1.54) is 24.3 Å². The van der Waals surface area contributed by atoms with Gasteiger partial charge in [0.15, 0.2) is 5.75 Å². The Morgan fingerprint density at radius 3 is 2.88 bits per heavy atom. The maximum Gasteiger partial charge on any atom is 0.312 e. The van der Waals surface area contributed by atoms with E-state index >= 15 is 0 Å². The van der Waals surface area contributed by atoms with Crippen molar-refractivity contribution < 1.29 is 9.66 Å². The second-order valence-electron chi connectivity index (χ2n) is 3.11. The van der Waals surface area contributed by atoms with Gasteiger partial charge in [-0.3, -0.25) is 10.1 Å². The van der Waals surface area contributed by atoms with Crippen LogP contribution in [0.25, 0.3) is 0 Å². The molecule has 0 fully saturated rings. The molecule has 0 N–H and O–H groups in total. The molecule has 0 amide bonds. The van der Waals surface area contributed by atoms with Crippen molar-refractivity contribution in [1.82, 2.24) is 0 Å². The Hall–Kier alpha value is -2.35. The van der Waals surface area contributed by atoms with Crippen molar-refractivity contribution in [2.75, 3.05) is 0 Å². The van der Waals surface area contributed by atoms with Crippen molar-refractivity contribution in [3.63, 3.8) is 0 Å². The van der Waals surface area contributed by atoms with Gasteiger partial charge in [-0.2, -0.15) is 5.26 Å². The molecule has 0 bridgehead atoms. The summed E-state index contributed by atoms with van der Waals surface area (Å²) in [6.45, 7) is 5.24. The molecule has 1 aromatic rings. The van der Waals surface area contributed by atoms with Crippen molar-refractivity contribution >= 4 is 5.69 Å². The minimum atomic E-state index is -0.577. The van der Waals surface area contributed by atoms with Crippen molar-refractivity contribution in [1.29, 1.82) is 5.26 Å². The normalized spacial score (nSPS) is 11.2. The van der Waals surface area contributed by atoms with Gasteiger partial charge < -0.3 is 4.74 Å². The molecule has 82 valence electrons. The zero-order valence-electron chi connectivity index (χ0n) is 8.71. The first-order valence-corrected chi connectivity index (χ1v) is 4.56. The Morgan fingerprint density at radius 1 is 1.69 bits per heavy atom. The Balaban J connectivity index is 3.14. The van der Waals surface area contributed by atoms with Gasteiger partial charge in [0.2, 0.25) is 0 Å². The van der Waals surface area contributed by atoms with Gasteiger partial charge >= 0.3 is 5.69 Å². The average molecular weight is 218 g/mol. The van der Waals surface area contributed by atoms with Crippen LogP contribution in [0.4, 0.5) is 5.69 Å². The van der Waals surface area contributed by atoms with Crippen molar-refractivity contribution in [3.8, 4) is 11.8 Å². The average Bonchev–Trinajstić information content (AvgIpc) is 2.29. The van der Waals surface area contributed by atoms with Crippen LogP contribution >= 0.6 is 0 Å². The summed E-state index contributed by atoms with van der Waals surface area (Å²) >= 11 is 0. The molecule has 0 aromatic heterocycles. The molecule has 0 spiro atoms. The highest BCUT2D eigenvalue weighted by atomic mass is 16.6. The van der Waals surface area contributed by atoms with Gasteiger partial charge in [-0.05, 0) is 19.1 Å². The summed E-state index contributed by atoms with van der Waals surface area (Å²) < 4.78 is 5.29. The molecule has 5 nitrogen and oxygen atoms in total. The standard InChI is InChI=1S/C11H10N2O3/c1-3-8(2)16-11-5-4-9(7-12)6-10(11)13(14)15/h3-6,8H,1H2,2H3. The lowest BCUT2D eigenvalue weighted by Crippen LogP contribution is -2.08. The van der Waals surface area contributed by atoms with E-state index in [2.05, 4.69) is 6.58 Å². The molecular weight excluding hydrogens is 208 g/mol. The molecule has 1 aromatic carbocycles. The van der Waals surface area contributed by atoms with Crippen molar-refractivity contribution in [2.24, 2.45) is 0 Å². The maximum absolute atomic E-state index is 10.8.